The lowest BCUT2D eigenvalue weighted by Gasteiger charge is -2.19. The topological polar surface area (TPSA) is 43.8 Å². The zero-order valence-corrected chi connectivity index (χ0v) is 12.6. The number of benzene rings is 1. The van der Waals surface area contributed by atoms with Crippen molar-refractivity contribution in [3.63, 3.8) is 0 Å². The van der Waals surface area contributed by atoms with Crippen LogP contribution in [-0.4, -0.2) is 9.78 Å². The minimum Gasteiger partial charge on any atom is -0.322 e. The highest BCUT2D eigenvalue weighted by Gasteiger charge is 2.15. The third-order valence-electron chi connectivity index (χ3n) is 3.52. The van der Waals surface area contributed by atoms with Gasteiger partial charge in [-0.25, -0.2) is 0 Å². The zero-order valence-electron chi connectivity index (χ0n) is 11.9. The Morgan fingerprint density at radius 3 is 2.26 bits per heavy atom. The van der Waals surface area contributed by atoms with Crippen LogP contribution in [0.5, 0.6) is 0 Å². The number of aromatic nitrogens is 2. The molecular formula is C15H20ClN3. The molecule has 1 unspecified atom stereocenters. The highest BCUT2D eigenvalue weighted by atomic mass is 35.5. The predicted molar refractivity (Wildman–Crippen MR) is 79.6 cm³/mol. The minimum atomic E-state index is -0.0738. The van der Waals surface area contributed by atoms with Crippen LogP contribution in [0.15, 0.2) is 18.3 Å². The average Bonchev–Trinajstić information content (AvgIpc) is 2.59. The minimum absolute atomic E-state index is 0.0738. The first kappa shape index (κ1) is 14.1. The van der Waals surface area contributed by atoms with Gasteiger partial charge in [-0.2, -0.15) is 5.10 Å². The Hall–Kier alpha value is -1.32. The van der Waals surface area contributed by atoms with E-state index in [4.69, 9.17) is 17.3 Å². The summed E-state index contributed by atoms with van der Waals surface area (Å²) in [4.78, 5) is 0. The van der Waals surface area contributed by atoms with Gasteiger partial charge in [-0.15, -0.1) is 0 Å². The van der Waals surface area contributed by atoms with Crippen molar-refractivity contribution in [2.24, 2.45) is 5.73 Å². The van der Waals surface area contributed by atoms with Crippen LogP contribution in [0.1, 0.15) is 34.0 Å². The van der Waals surface area contributed by atoms with E-state index >= 15 is 0 Å². The van der Waals surface area contributed by atoms with Crippen LogP contribution in [0.3, 0.4) is 0 Å². The molecule has 0 radical (unpaired) electrons. The van der Waals surface area contributed by atoms with E-state index in [0.717, 1.165) is 5.69 Å². The van der Waals surface area contributed by atoms with E-state index in [1.165, 1.54) is 22.3 Å². The van der Waals surface area contributed by atoms with Crippen molar-refractivity contribution >= 4 is 11.6 Å². The van der Waals surface area contributed by atoms with E-state index in [1.54, 1.807) is 6.20 Å². The molecule has 0 aliphatic heterocycles. The molecule has 0 aliphatic carbocycles. The van der Waals surface area contributed by atoms with Crippen LogP contribution in [-0.2, 0) is 6.54 Å². The van der Waals surface area contributed by atoms with Crippen molar-refractivity contribution in [3.8, 4) is 0 Å². The van der Waals surface area contributed by atoms with Gasteiger partial charge in [-0.1, -0.05) is 29.3 Å². The zero-order chi connectivity index (χ0) is 14.2. The molecule has 2 N–H and O–H groups in total. The summed E-state index contributed by atoms with van der Waals surface area (Å²) in [5, 5.41) is 4.95. The SMILES string of the molecule is Cc1cc(C)c(C(N)Cn2ncc(Cl)c2C)c(C)c1. The smallest absolute Gasteiger partial charge is 0.0814 e. The average molecular weight is 278 g/mol. The lowest BCUT2D eigenvalue weighted by Crippen LogP contribution is -2.21. The normalized spacial score (nSPS) is 12.7. The van der Waals surface area contributed by atoms with Crippen molar-refractivity contribution in [1.82, 2.24) is 9.78 Å². The van der Waals surface area contributed by atoms with Crippen LogP contribution >= 0.6 is 11.6 Å². The second-order valence-corrected chi connectivity index (χ2v) is 5.59. The van der Waals surface area contributed by atoms with Gasteiger partial charge in [0.2, 0.25) is 0 Å². The lowest BCUT2D eigenvalue weighted by molar-refractivity contribution is 0.514. The molecule has 0 aliphatic rings. The Labute approximate surface area is 119 Å². The van der Waals surface area contributed by atoms with Gasteiger partial charge >= 0.3 is 0 Å². The molecule has 1 aromatic carbocycles. The number of halogens is 1. The number of hydrogen-bond donors (Lipinski definition) is 1. The molecule has 0 saturated heterocycles. The predicted octanol–water partition coefficient (Wildman–Crippen LogP) is 3.47. The molecule has 1 heterocycles. The fourth-order valence-electron chi connectivity index (χ4n) is 2.66. The van der Waals surface area contributed by atoms with E-state index in [2.05, 4.69) is 38.0 Å². The summed E-state index contributed by atoms with van der Waals surface area (Å²) in [6.07, 6.45) is 1.67. The summed E-state index contributed by atoms with van der Waals surface area (Å²) in [6.45, 7) is 8.92. The first-order valence-electron chi connectivity index (χ1n) is 6.41. The highest BCUT2D eigenvalue weighted by Crippen LogP contribution is 2.24. The first-order chi connectivity index (χ1) is 8.90. The maximum Gasteiger partial charge on any atom is 0.0814 e. The molecule has 19 heavy (non-hydrogen) atoms. The van der Waals surface area contributed by atoms with E-state index < -0.39 is 0 Å². The fourth-order valence-corrected chi connectivity index (χ4v) is 2.80. The Kier molecular flexibility index (Phi) is 3.97. The van der Waals surface area contributed by atoms with Crippen molar-refractivity contribution in [1.29, 1.82) is 0 Å². The van der Waals surface area contributed by atoms with Crippen LogP contribution < -0.4 is 5.73 Å². The molecule has 1 atom stereocenters. The molecule has 1 aromatic heterocycles. The van der Waals surface area contributed by atoms with E-state index in [-0.39, 0.29) is 6.04 Å². The standard InChI is InChI=1S/C15H20ClN3/c1-9-5-10(2)15(11(3)6-9)14(17)8-19-12(4)13(16)7-18-19/h5-7,14H,8,17H2,1-4H3. The van der Waals surface area contributed by atoms with Crippen LogP contribution in [0.25, 0.3) is 0 Å². The highest BCUT2D eigenvalue weighted by molar-refractivity contribution is 6.31. The van der Waals surface area contributed by atoms with Crippen molar-refractivity contribution in [2.45, 2.75) is 40.3 Å². The molecule has 2 rings (SSSR count). The summed E-state index contributed by atoms with van der Waals surface area (Å²) in [5.74, 6) is 0. The van der Waals surface area contributed by atoms with Gasteiger partial charge in [0.05, 0.1) is 23.5 Å². The quantitative estimate of drug-likeness (QED) is 0.934. The van der Waals surface area contributed by atoms with E-state index in [1.807, 2.05) is 11.6 Å². The molecule has 3 nitrogen and oxygen atoms in total. The molecule has 0 amide bonds. The molecule has 0 bridgehead atoms. The number of nitrogens with zero attached hydrogens (tertiary/aromatic N) is 2. The number of aryl methyl sites for hydroxylation is 3. The van der Waals surface area contributed by atoms with Crippen molar-refractivity contribution in [2.75, 3.05) is 0 Å². The monoisotopic (exact) mass is 277 g/mol. The third kappa shape index (κ3) is 2.82. The van der Waals surface area contributed by atoms with Gasteiger partial charge in [0.25, 0.3) is 0 Å². The molecule has 0 saturated carbocycles. The fraction of sp³-hybridized carbons (Fsp3) is 0.400. The summed E-state index contributed by atoms with van der Waals surface area (Å²) < 4.78 is 1.87. The number of hydrogen-bond acceptors (Lipinski definition) is 2. The Morgan fingerprint density at radius 1 is 1.21 bits per heavy atom. The Balaban J connectivity index is 2.30. The van der Waals surface area contributed by atoms with Crippen LogP contribution in [0, 0.1) is 27.7 Å². The Morgan fingerprint density at radius 2 is 1.79 bits per heavy atom. The molecule has 0 spiro atoms. The maximum atomic E-state index is 6.35. The summed E-state index contributed by atoms with van der Waals surface area (Å²) >= 11 is 6.02. The molecule has 102 valence electrons. The number of nitrogens with two attached hydrogens (primary N) is 1. The summed E-state index contributed by atoms with van der Waals surface area (Å²) in [5.41, 5.74) is 12.3. The van der Waals surface area contributed by atoms with Gasteiger partial charge in [0.1, 0.15) is 0 Å². The largest absolute Gasteiger partial charge is 0.322 e. The second kappa shape index (κ2) is 5.35. The molecule has 0 fully saturated rings. The third-order valence-corrected chi connectivity index (χ3v) is 3.89. The number of rotatable bonds is 3. The van der Waals surface area contributed by atoms with Gasteiger partial charge in [-0.3, -0.25) is 4.68 Å². The maximum absolute atomic E-state index is 6.35. The van der Waals surface area contributed by atoms with Gasteiger partial charge < -0.3 is 5.73 Å². The Bertz CT molecular complexity index is 578. The molecular weight excluding hydrogens is 258 g/mol. The van der Waals surface area contributed by atoms with Gasteiger partial charge in [-0.05, 0) is 44.4 Å². The van der Waals surface area contributed by atoms with Crippen molar-refractivity contribution < 1.29 is 0 Å². The van der Waals surface area contributed by atoms with Gasteiger partial charge in [0.15, 0.2) is 0 Å². The lowest BCUT2D eigenvalue weighted by atomic mass is 9.94. The second-order valence-electron chi connectivity index (χ2n) is 5.18. The van der Waals surface area contributed by atoms with Gasteiger partial charge in [0, 0.05) is 6.04 Å². The van der Waals surface area contributed by atoms with Crippen molar-refractivity contribution in [3.05, 3.63) is 51.3 Å². The summed E-state index contributed by atoms with van der Waals surface area (Å²) in [6, 6.07) is 4.27. The summed E-state index contributed by atoms with van der Waals surface area (Å²) in [7, 11) is 0. The molecule has 2 aromatic rings. The van der Waals surface area contributed by atoms with E-state index in [9.17, 15) is 0 Å². The first-order valence-corrected chi connectivity index (χ1v) is 6.79. The van der Waals surface area contributed by atoms with E-state index in [0.29, 0.717) is 11.6 Å². The van der Waals surface area contributed by atoms with Crippen LogP contribution in [0.4, 0.5) is 0 Å². The van der Waals surface area contributed by atoms with Crippen LogP contribution in [0.2, 0.25) is 5.02 Å². The molecule has 4 heteroatoms.